The van der Waals surface area contributed by atoms with Crippen LogP contribution in [0.25, 0.3) is 0 Å². The molecule has 7 atom stereocenters. The summed E-state index contributed by atoms with van der Waals surface area (Å²) < 4.78 is 12.9. The highest BCUT2D eigenvalue weighted by Crippen LogP contribution is 2.60. The lowest BCUT2D eigenvalue weighted by atomic mass is 9.70. The number of hydrogen-bond donors (Lipinski definition) is 2. The molecule has 2 N–H and O–H groups in total. The van der Waals surface area contributed by atoms with E-state index in [9.17, 15) is 24.3 Å². The second kappa shape index (κ2) is 15.7. The molecule has 6 rings (SSSR count). The Hall–Kier alpha value is -4.28. The summed E-state index contributed by atoms with van der Waals surface area (Å²) in [5.41, 5.74) is 0.128. The highest BCUT2D eigenvalue weighted by Gasteiger charge is 2.76. The Labute approximate surface area is 294 Å². The van der Waals surface area contributed by atoms with Gasteiger partial charge in [-0.25, -0.2) is 0 Å². The molecule has 0 aromatic heterocycles. The molecule has 50 heavy (non-hydrogen) atoms. The molecule has 2 aromatic rings. The number of rotatable bonds is 15. The smallest absolute Gasteiger partial charge is 0.313 e. The van der Waals surface area contributed by atoms with Crippen LogP contribution in [0.15, 0.2) is 86.0 Å². The van der Waals surface area contributed by atoms with Crippen LogP contribution < -0.4 is 5.32 Å². The first-order valence-electron chi connectivity index (χ1n) is 18.0. The van der Waals surface area contributed by atoms with Crippen LogP contribution in [-0.4, -0.2) is 82.1 Å². The standard InChI is InChI=1S/C40H49N3O7/c1-3-5-21-33(45)41-25-32(28-17-11-7-12-18-28)49-39(48)34-31-22-23-40(50-31)35(34)37(46)43(30(26-44)27-15-9-6-10-16-27)36(40)38(47)42(24-4-2)29-19-13-8-14-20-29/h3-4,6-7,9-12,15-18,29-32,34-36,44H,1-2,5,8,13-14,19-26H2,(H,41,45)/t30-,31+,32+,34-,35-,36+,40-/m1/s1. The molecule has 0 unspecified atom stereocenters. The largest absolute Gasteiger partial charge is 0.455 e. The van der Waals surface area contributed by atoms with Gasteiger partial charge in [0.15, 0.2) is 0 Å². The number of nitrogens with zero attached hydrogens (tertiary/aromatic N) is 2. The fraction of sp³-hybridized carbons (Fsp3) is 0.500. The number of amides is 3. The summed E-state index contributed by atoms with van der Waals surface area (Å²) in [5.74, 6) is -3.36. The van der Waals surface area contributed by atoms with Crippen LogP contribution in [0.4, 0.5) is 0 Å². The molecule has 3 saturated heterocycles. The SMILES string of the molecule is C=CCCC(=O)NC[C@H](OC(=O)[C@@H]1[C@@H]2CC[C@]3(O2)[C@H](C(=O)N(CC=C)C2CCCCC2)N([C@H](CO)c2ccccc2)C(=O)[C@@H]13)c1ccccc1. The van der Waals surface area contributed by atoms with Gasteiger partial charge in [-0.15, -0.1) is 13.2 Å². The third kappa shape index (κ3) is 6.75. The number of aliphatic hydroxyl groups is 1. The Morgan fingerprint density at radius 1 is 1.00 bits per heavy atom. The van der Waals surface area contributed by atoms with Crippen molar-refractivity contribution < 1.29 is 33.8 Å². The highest BCUT2D eigenvalue weighted by molar-refractivity contribution is 5.98. The summed E-state index contributed by atoms with van der Waals surface area (Å²) in [5, 5.41) is 13.7. The third-order valence-corrected chi connectivity index (χ3v) is 11.1. The van der Waals surface area contributed by atoms with Crippen LogP contribution in [0, 0.1) is 11.8 Å². The maximum absolute atomic E-state index is 15.0. The summed E-state index contributed by atoms with van der Waals surface area (Å²) in [7, 11) is 0. The zero-order valence-electron chi connectivity index (χ0n) is 28.7. The van der Waals surface area contributed by atoms with Gasteiger partial charge in [-0.05, 0) is 43.2 Å². The molecular formula is C40H49N3O7. The molecule has 3 amide bonds. The van der Waals surface area contributed by atoms with Crippen molar-refractivity contribution in [1.82, 2.24) is 15.1 Å². The minimum Gasteiger partial charge on any atom is -0.455 e. The van der Waals surface area contributed by atoms with Crippen molar-refractivity contribution in [2.45, 2.75) is 93.7 Å². The minimum atomic E-state index is -1.26. The molecule has 0 radical (unpaired) electrons. The Balaban J connectivity index is 1.35. The zero-order valence-corrected chi connectivity index (χ0v) is 28.7. The number of fused-ring (bicyclic) bond motifs is 1. The Bertz CT molecular complexity index is 1540. The van der Waals surface area contributed by atoms with Crippen LogP contribution in [-0.2, 0) is 28.7 Å². The molecule has 2 bridgehead atoms. The van der Waals surface area contributed by atoms with Gasteiger partial charge >= 0.3 is 5.97 Å². The maximum atomic E-state index is 15.0. The van der Waals surface area contributed by atoms with Gasteiger partial charge in [-0.3, -0.25) is 19.2 Å². The number of hydrogen-bond acceptors (Lipinski definition) is 7. The quantitative estimate of drug-likeness (QED) is 0.204. The van der Waals surface area contributed by atoms with Gasteiger partial charge < -0.3 is 29.7 Å². The first kappa shape index (κ1) is 35.5. The molecule has 1 aliphatic carbocycles. The van der Waals surface area contributed by atoms with E-state index in [2.05, 4.69) is 18.5 Å². The van der Waals surface area contributed by atoms with Crippen molar-refractivity contribution in [3.63, 3.8) is 0 Å². The van der Waals surface area contributed by atoms with E-state index in [4.69, 9.17) is 9.47 Å². The molecule has 2 aromatic carbocycles. The first-order valence-corrected chi connectivity index (χ1v) is 18.0. The number of allylic oxidation sites excluding steroid dienone is 1. The van der Waals surface area contributed by atoms with Gasteiger partial charge in [0.05, 0.1) is 37.1 Å². The topological polar surface area (TPSA) is 125 Å². The predicted octanol–water partition coefficient (Wildman–Crippen LogP) is 4.81. The van der Waals surface area contributed by atoms with Gasteiger partial charge in [0.25, 0.3) is 0 Å². The van der Waals surface area contributed by atoms with Crippen LogP contribution in [0.5, 0.6) is 0 Å². The van der Waals surface area contributed by atoms with Crippen molar-refractivity contribution in [3.05, 3.63) is 97.1 Å². The monoisotopic (exact) mass is 683 g/mol. The summed E-state index contributed by atoms with van der Waals surface area (Å²) in [4.78, 5) is 60.1. The van der Waals surface area contributed by atoms with Crippen molar-refractivity contribution in [2.24, 2.45) is 11.8 Å². The molecule has 10 nitrogen and oxygen atoms in total. The van der Waals surface area contributed by atoms with Crippen molar-refractivity contribution in [2.75, 3.05) is 19.7 Å². The summed E-state index contributed by atoms with van der Waals surface area (Å²) in [6.45, 7) is 7.58. The van der Waals surface area contributed by atoms with Crippen molar-refractivity contribution >= 4 is 23.7 Å². The summed E-state index contributed by atoms with van der Waals surface area (Å²) >= 11 is 0. The fourth-order valence-electron chi connectivity index (χ4n) is 8.75. The van der Waals surface area contributed by atoms with Crippen LogP contribution in [0.3, 0.4) is 0 Å². The van der Waals surface area contributed by atoms with E-state index < -0.39 is 60.2 Å². The van der Waals surface area contributed by atoms with E-state index in [-0.39, 0.29) is 30.8 Å². The first-order chi connectivity index (χ1) is 24.3. The summed E-state index contributed by atoms with van der Waals surface area (Å²) in [6, 6.07) is 16.5. The number of esters is 1. The fourth-order valence-corrected chi connectivity index (χ4v) is 8.75. The van der Waals surface area contributed by atoms with Gasteiger partial charge in [0, 0.05) is 19.0 Å². The minimum absolute atomic E-state index is 0.00126. The number of aliphatic hydroxyl groups excluding tert-OH is 1. The van der Waals surface area contributed by atoms with Gasteiger partial charge in [-0.2, -0.15) is 0 Å². The Kier molecular flexibility index (Phi) is 11.2. The molecule has 10 heteroatoms. The average Bonchev–Trinajstić information content (AvgIpc) is 3.80. The lowest BCUT2D eigenvalue weighted by molar-refractivity contribution is -0.161. The third-order valence-electron chi connectivity index (χ3n) is 11.1. The van der Waals surface area contributed by atoms with Crippen LogP contribution in [0.1, 0.15) is 81.1 Å². The average molecular weight is 684 g/mol. The molecule has 1 saturated carbocycles. The van der Waals surface area contributed by atoms with E-state index in [0.29, 0.717) is 36.9 Å². The van der Waals surface area contributed by atoms with E-state index in [1.807, 2.05) is 65.6 Å². The number of carbonyl (C=O) groups is 4. The second-order valence-corrected chi connectivity index (χ2v) is 13.9. The van der Waals surface area contributed by atoms with E-state index in [1.165, 1.54) is 4.90 Å². The summed E-state index contributed by atoms with van der Waals surface area (Å²) in [6.07, 6.45) is 8.53. The zero-order chi connectivity index (χ0) is 35.3. The van der Waals surface area contributed by atoms with E-state index in [0.717, 1.165) is 32.1 Å². The number of likely N-dealkylation sites (tertiary alicyclic amines) is 1. The lowest BCUT2D eigenvalue weighted by Gasteiger charge is -2.42. The van der Waals surface area contributed by atoms with Crippen LogP contribution >= 0.6 is 0 Å². The van der Waals surface area contributed by atoms with Crippen LogP contribution in [0.2, 0.25) is 0 Å². The molecule has 3 aliphatic heterocycles. The molecule has 1 spiro atoms. The van der Waals surface area contributed by atoms with Gasteiger partial charge in [0.2, 0.25) is 17.7 Å². The van der Waals surface area contributed by atoms with E-state index >= 15 is 0 Å². The van der Waals surface area contributed by atoms with Gasteiger partial charge in [0.1, 0.15) is 17.7 Å². The van der Waals surface area contributed by atoms with Crippen molar-refractivity contribution in [1.29, 1.82) is 0 Å². The predicted molar refractivity (Wildman–Crippen MR) is 187 cm³/mol. The van der Waals surface area contributed by atoms with Crippen molar-refractivity contribution in [3.8, 4) is 0 Å². The normalized spacial score (nSPS) is 26.9. The Morgan fingerprint density at radius 2 is 1.68 bits per heavy atom. The molecule has 3 heterocycles. The molecule has 266 valence electrons. The number of nitrogens with one attached hydrogen (secondary N) is 1. The van der Waals surface area contributed by atoms with Gasteiger partial charge in [-0.1, -0.05) is 92.1 Å². The van der Waals surface area contributed by atoms with E-state index in [1.54, 1.807) is 12.2 Å². The molecule has 4 aliphatic rings. The number of benzene rings is 2. The Morgan fingerprint density at radius 3 is 2.32 bits per heavy atom. The maximum Gasteiger partial charge on any atom is 0.313 e. The number of carbonyl (C=O) groups excluding carboxylic acids is 4. The molecular weight excluding hydrogens is 634 g/mol. The lowest BCUT2D eigenvalue weighted by Crippen LogP contribution is -2.59. The highest BCUT2D eigenvalue weighted by atomic mass is 16.6. The molecule has 4 fully saturated rings. The number of ether oxygens (including phenoxy) is 2. The second-order valence-electron chi connectivity index (χ2n) is 13.9.